The van der Waals surface area contributed by atoms with Gasteiger partial charge in [0, 0.05) is 33.1 Å². The first kappa shape index (κ1) is 39.4. The molecule has 0 saturated carbocycles. The summed E-state index contributed by atoms with van der Waals surface area (Å²) in [6.45, 7) is 0. The summed E-state index contributed by atoms with van der Waals surface area (Å²) >= 11 is 0. The van der Waals surface area contributed by atoms with Crippen molar-refractivity contribution in [2.75, 3.05) is 4.90 Å². The quantitative estimate of drug-likeness (QED) is 0.148. The maximum absolute atomic E-state index is 2.45. The van der Waals surface area contributed by atoms with Gasteiger partial charge in [0.2, 0.25) is 0 Å². The molecule has 0 atom stereocenters. The predicted molar refractivity (Wildman–Crippen MR) is 290 cm³/mol. The smallest absolute Gasteiger partial charge is 0.0546 e. The Kier molecular flexibility index (Phi) is 9.54. The summed E-state index contributed by atoms with van der Waals surface area (Å²) in [5.74, 6) is 0. The Bertz CT molecular complexity index is 3970. The van der Waals surface area contributed by atoms with Gasteiger partial charge in [0.25, 0.3) is 0 Å². The highest BCUT2D eigenvalue weighted by Gasteiger charge is 2.20. The van der Waals surface area contributed by atoms with Gasteiger partial charge < -0.3 is 9.47 Å². The third-order valence-electron chi connectivity index (χ3n) is 13.8. The van der Waals surface area contributed by atoms with Crippen LogP contribution in [0, 0.1) is 0 Å². The summed E-state index contributed by atoms with van der Waals surface area (Å²) in [6.07, 6.45) is 0. The molecule has 318 valence electrons. The van der Waals surface area contributed by atoms with Crippen molar-refractivity contribution in [3.8, 4) is 50.2 Å². The van der Waals surface area contributed by atoms with Crippen LogP contribution in [0.4, 0.5) is 17.1 Å². The Hall–Kier alpha value is -8.98. The fourth-order valence-electron chi connectivity index (χ4n) is 10.5. The Morgan fingerprint density at radius 2 is 0.794 bits per heavy atom. The first-order valence-corrected chi connectivity index (χ1v) is 23.4. The van der Waals surface area contributed by atoms with Crippen molar-refractivity contribution in [1.82, 2.24) is 4.57 Å². The Morgan fingerprint density at radius 1 is 0.250 bits per heavy atom. The molecule has 1 heterocycles. The molecule has 0 aliphatic carbocycles. The third-order valence-corrected chi connectivity index (χ3v) is 13.8. The highest BCUT2D eigenvalue weighted by molar-refractivity contribution is 6.10. The topological polar surface area (TPSA) is 8.17 Å². The van der Waals surface area contributed by atoms with Crippen molar-refractivity contribution in [2.24, 2.45) is 0 Å². The van der Waals surface area contributed by atoms with Crippen molar-refractivity contribution in [3.05, 3.63) is 267 Å². The number of anilines is 3. The molecule has 0 fully saturated rings. The van der Waals surface area contributed by atoms with Crippen LogP contribution < -0.4 is 4.90 Å². The first-order chi connectivity index (χ1) is 33.7. The summed E-state index contributed by atoms with van der Waals surface area (Å²) < 4.78 is 2.45. The van der Waals surface area contributed by atoms with Crippen LogP contribution in [0.3, 0.4) is 0 Å². The highest BCUT2D eigenvalue weighted by atomic mass is 15.1. The van der Waals surface area contributed by atoms with Crippen LogP contribution in [0.5, 0.6) is 0 Å². The molecular weight excluding hydrogens is 821 g/mol. The summed E-state index contributed by atoms with van der Waals surface area (Å²) in [4.78, 5) is 2.44. The summed E-state index contributed by atoms with van der Waals surface area (Å²) in [7, 11) is 0. The molecule has 0 aliphatic rings. The van der Waals surface area contributed by atoms with Gasteiger partial charge in [0.05, 0.1) is 22.4 Å². The minimum Gasteiger partial charge on any atom is -0.310 e. The molecule has 0 N–H and O–H groups in total. The van der Waals surface area contributed by atoms with E-state index in [1.807, 2.05) is 0 Å². The molecular formula is C66H44N2. The largest absolute Gasteiger partial charge is 0.310 e. The molecule has 13 aromatic rings. The molecule has 0 unspecified atom stereocenters. The lowest BCUT2D eigenvalue weighted by Gasteiger charge is -2.28. The van der Waals surface area contributed by atoms with E-state index in [4.69, 9.17) is 0 Å². The molecule has 0 bridgehead atoms. The van der Waals surface area contributed by atoms with Crippen molar-refractivity contribution < 1.29 is 0 Å². The minimum atomic E-state index is 1.08. The third kappa shape index (κ3) is 6.73. The molecule has 2 heteroatoms. The average molecular weight is 865 g/mol. The van der Waals surface area contributed by atoms with Crippen LogP contribution in [0.1, 0.15) is 0 Å². The van der Waals surface area contributed by atoms with E-state index in [0.29, 0.717) is 0 Å². The normalized spacial score (nSPS) is 11.5. The van der Waals surface area contributed by atoms with Crippen molar-refractivity contribution in [1.29, 1.82) is 0 Å². The lowest BCUT2D eigenvalue weighted by atomic mass is 9.94. The number of nitrogens with zero attached hydrogens (tertiary/aromatic N) is 2. The van der Waals surface area contributed by atoms with Crippen LogP contribution in [-0.2, 0) is 0 Å². The van der Waals surface area contributed by atoms with Crippen LogP contribution >= 0.6 is 0 Å². The van der Waals surface area contributed by atoms with Gasteiger partial charge in [0.15, 0.2) is 0 Å². The SMILES string of the molecule is c1ccc(-c2ccc(-c3ccc(N(c4cccc(-c5cccc6ccccc56)c4)c4ccc(-c5ccc6ccccc6c5)c5ccccc45)cc3)cc2-n2c3ccccc3c3ccccc32)cc1. The zero-order valence-electron chi connectivity index (χ0n) is 37.3. The standard InChI is InChI=1S/C66H44N2/c1-2-17-48(18-3-1)58-39-36-50(44-66(58)68-63-30-12-10-27-61(63)62-28-11-13-31-64(62)68)46-34-37-53(38-35-46)67(54-23-14-22-51(43-54)56-29-15-21-47-19-6-7-24-55(47)56)65-41-40-57(59-25-8-9-26-60(59)65)52-33-32-45-16-4-5-20-49(45)42-52/h1-44H. The van der Waals surface area contributed by atoms with Crippen LogP contribution in [-0.4, -0.2) is 4.57 Å². The summed E-state index contributed by atoms with van der Waals surface area (Å²) in [6, 6.07) is 97.6. The first-order valence-electron chi connectivity index (χ1n) is 23.4. The minimum absolute atomic E-state index is 1.08. The van der Waals surface area contributed by atoms with E-state index in [-0.39, 0.29) is 0 Å². The van der Waals surface area contributed by atoms with Gasteiger partial charge in [-0.1, -0.05) is 212 Å². The van der Waals surface area contributed by atoms with Gasteiger partial charge in [-0.25, -0.2) is 0 Å². The maximum atomic E-state index is 2.45. The van der Waals surface area contributed by atoms with Gasteiger partial charge in [-0.2, -0.15) is 0 Å². The molecule has 0 saturated heterocycles. The number of hydrogen-bond acceptors (Lipinski definition) is 1. The fraction of sp³-hybridized carbons (Fsp3) is 0. The second-order valence-corrected chi connectivity index (χ2v) is 17.7. The number of aromatic nitrogens is 1. The maximum Gasteiger partial charge on any atom is 0.0546 e. The zero-order valence-corrected chi connectivity index (χ0v) is 37.3. The molecule has 0 aliphatic heterocycles. The lowest BCUT2D eigenvalue weighted by Crippen LogP contribution is -2.11. The van der Waals surface area contributed by atoms with E-state index in [9.17, 15) is 0 Å². The van der Waals surface area contributed by atoms with Crippen molar-refractivity contribution in [2.45, 2.75) is 0 Å². The molecule has 1 aromatic heterocycles. The second kappa shape index (κ2) is 16.5. The van der Waals surface area contributed by atoms with E-state index in [1.165, 1.54) is 87.5 Å². The lowest BCUT2D eigenvalue weighted by molar-refractivity contribution is 1.18. The predicted octanol–water partition coefficient (Wildman–Crippen LogP) is 18.4. The van der Waals surface area contributed by atoms with Gasteiger partial charge in [0.1, 0.15) is 0 Å². The Morgan fingerprint density at radius 3 is 1.57 bits per heavy atom. The van der Waals surface area contributed by atoms with Gasteiger partial charge in [-0.3, -0.25) is 0 Å². The molecule has 68 heavy (non-hydrogen) atoms. The van der Waals surface area contributed by atoms with Gasteiger partial charge in [-0.05, 0) is 120 Å². The van der Waals surface area contributed by atoms with E-state index in [2.05, 4.69) is 276 Å². The molecule has 0 radical (unpaired) electrons. The molecule has 13 rings (SSSR count). The highest BCUT2D eigenvalue weighted by Crippen LogP contribution is 2.45. The fourth-order valence-corrected chi connectivity index (χ4v) is 10.5. The van der Waals surface area contributed by atoms with E-state index >= 15 is 0 Å². The van der Waals surface area contributed by atoms with E-state index in [1.54, 1.807) is 0 Å². The molecule has 0 spiro atoms. The van der Waals surface area contributed by atoms with Crippen LogP contribution in [0.2, 0.25) is 0 Å². The number of benzene rings is 12. The Balaban J connectivity index is 0.976. The van der Waals surface area contributed by atoms with Crippen LogP contribution in [0.15, 0.2) is 267 Å². The number of rotatable bonds is 8. The number of fused-ring (bicyclic) bond motifs is 6. The Labute approximate surface area is 395 Å². The molecule has 0 amide bonds. The van der Waals surface area contributed by atoms with Gasteiger partial charge in [-0.15, -0.1) is 0 Å². The number of hydrogen-bond donors (Lipinski definition) is 0. The molecule has 2 nitrogen and oxygen atoms in total. The monoisotopic (exact) mass is 864 g/mol. The number of para-hydroxylation sites is 2. The van der Waals surface area contributed by atoms with Crippen molar-refractivity contribution >= 4 is 71.2 Å². The average Bonchev–Trinajstić information content (AvgIpc) is 3.75. The molecule has 12 aromatic carbocycles. The summed E-state index contributed by atoms with van der Waals surface area (Å²) in [5, 5.41) is 9.85. The summed E-state index contributed by atoms with van der Waals surface area (Å²) in [5.41, 5.74) is 16.3. The zero-order chi connectivity index (χ0) is 45.0. The van der Waals surface area contributed by atoms with Gasteiger partial charge >= 0.3 is 0 Å². The van der Waals surface area contributed by atoms with E-state index < -0.39 is 0 Å². The second-order valence-electron chi connectivity index (χ2n) is 17.7. The van der Waals surface area contributed by atoms with Crippen LogP contribution in [0.25, 0.3) is 104 Å². The van der Waals surface area contributed by atoms with Crippen molar-refractivity contribution in [3.63, 3.8) is 0 Å². The van der Waals surface area contributed by atoms with E-state index in [0.717, 1.165) is 33.9 Å².